The summed E-state index contributed by atoms with van der Waals surface area (Å²) in [7, 11) is 1.82. The predicted octanol–water partition coefficient (Wildman–Crippen LogP) is 0.696. The molecule has 0 radical (unpaired) electrons. The molecule has 7 heteroatoms. The molecular formula is C8H8N6S. The van der Waals surface area contributed by atoms with E-state index in [1.807, 2.05) is 13.1 Å². The molecule has 1 N–H and O–H groups in total. The van der Waals surface area contributed by atoms with Crippen molar-refractivity contribution in [2.75, 3.05) is 12.4 Å². The van der Waals surface area contributed by atoms with Gasteiger partial charge in [-0.1, -0.05) is 4.49 Å². The lowest BCUT2D eigenvalue weighted by Gasteiger charge is -2.01. The van der Waals surface area contributed by atoms with E-state index in [4.69, 9.17) is 5.26 Å². The van der Waals surface area contributed by atoms with E-state index in [1.165, 1.54) is 11.5 Å². The third-order valence-electron chi connectivity index (χ3n) is 1.92. The van der Waals surface area contributed by atoms with Crippen LogP contribution >= 0.6 is 11.5 Å². The van der Waals surface area contributed by atoms with Crippen LogP contribution in [0.2, 0.25) is 0 Å². The van der Waals surface area contributed by atoms with Crippen LogP contribution in [0.3, 0.4) is 0 Å². The maximum atomic E-state index is 8.78. The molecule has 6 nitrogen and oxygen atoms in total. The van der Waals surface area contributed by atoms with Crippen molar-refractivity contribution in [2.45, 2.75) is 6.54 Å². The van der Waals surface area contributed by atoms with Crippen molar-refractivity contribution in [1.82, 2.24) is 19.1 Å². The quantitative estimate of drug-likeness (QED) is 0.823. The van der Waals surface area contributed by atoms with Gasteiger partial charge in [-0.2, -0.15) is 5.26 Å². The lowest BCUT2D eigenvalue weighted by atomic mass is 10.4. The monoisotopic (exact) mass is 220 g/mol. The molecule has 0 aliphatic heterocycles. The van der Waals surface area contributed by atoms with Crippen molar-refractivity contribution in [2.24, 2.45) is 0 Å². The number of nitrogens with zero attached hydrogens (tertiary/aromatic N) is 5. The third-order valence-corrected chi connectivity index (χ3v) is 2.70. The zero-order valence-corrected chi connectivity index (χ0v) is 8.82. The molecule has 0 atom stereocenters. The summed E-state index contributed by atoms with van der Waals surface area (Å²) in [4.78, 5) is 3.91. The maximum Gasteiger partial charge on any atom is 0.213 e. The Morgan fingerprint density at radius 2 is 2.53 bits per heavy atom. The minimum absolute atomic E-state index is 0.380. The van der Waals surface area contributed by atoms with Crippen molar-refractivity contribution < 1.29 is 0 Å². The molecule has 15 heavy (non-hydrogen) atoms. The molecule has 0 spiro atoms. The molecular weight excluding hydrogens is 212 g/mol. The third kappa shape index (κ3) is 1.80. The van der Waals surface area contributed by atoms with E-state index in [-0.39, 0.29) is 0 Å². The number of imidazole rings is 1. The zero-order chi connectivity index (χ0) is 10.7. The Hall–Kier alpha value is -1.94. The molecule has 0 saturated carbocycles. The van der Waals surface area contributed by atoms with Crippen LogP contribution in [0.5, 0.6) is 0 Å². The Labute approximate surface area is 90.4 Å². The highest BCUT2D eigenvalue weighted by Crippen LogP contribution is 2.17. The topological polar surface area (TPSA) is 79.4 Å². The standard InChI is InChI=1S/C8H8N6S/c1-10-8-6(12-13-15-8)5-14-3-2-11-7(14)4-9/h2-3,10H,5H2,1H3. The molecule has 0 bridgehead atoms. The van der Waals surface area contributed by atoms with Crippen LogP contribution in [0.25, 0.3) is 0 Å². The molecule has 2 rings (SSSR count). The molecule has 2 aromatic heterocycles. The second-order valence-corrected chi connectivity index (χ2v) is 3.54. The Bertz CT molecular complexity index is 493. The predicted molar refractivity (Wildman–Crippen MR) is 55.5 cm³/mol. The molecule has 0 aliphatic rings. The van der Waals surface area contributed by atoms with Gasteiger partial charge in [0.2, 0.25) is 5.82 Å². The lowest BCUT2D eigenvalue weighted by Crippen LogP contribution is -2.04. The van der Waals surface area contributed by atoms with E-state index in [0.29, 0.717) is 12.4 Å². The summed E-state index contributed by atoms with van der Waals surface area (Å²) in [6.07, 6.45) is 3.34. The molecule has 2 aromatic rings. The average Bonchev–Trinajstić information content (AvgIpc) is 2.87. The highest BCUT2D eigenvalue weighted by Gasteiger charge is 2.09. The fraction of sp³-hybridized carbons (Fsp3) is 0.250. The minimum atomic E-state index is 0.380. The molecule has 0 amide bonds. The van der Waals surface area contributed by atoms with Gasteiger partial charge in [0.15, 0.2) is 0 Å². The van der Waals surface area contributed by atoms with Gasteiger partial charge in [0.1, 0.15) is 16.8 Å². The smallest absolute Gasteiger partial charge is 0.213 e. The van der Waals surface area contributed by atoms with Crippen LogP contribution in [0.4, 0.5) is 5.00 Å². The van der Waals surface area contributed by atoms with Crippen LogP contribution in [-0.2, 0) is 6.54 Å². The molecule has 0 aromatic carbocycles. The number of aromatic nitrogens is 4. The van der Waals surface area contributed by atoms with Crippen molar-refractivity contribution in [3.05, 3.63) is 23.9 Å². The minimum Gasteiger partial charge on any atom is -0.377 e. The van der Waals surface area contributed by atoms with Gasteiger partial charge in [-0.25, -0.2) is 4.98 Å². The van der Waals surface area contributed by atoms with Gasteiger partial charge < -0.3 is 9.88 Å². The largest absolute Gasteiger partial charge is 0.377 e. The maximum absolute atomic E-state index is 8.78. The lowest BCUT2D eigenvalue weighted by molar-refractivity contribution is 0.756. The first-order valence-electron chi connectivity index (χ1n) is 4.25. The van der Waals surface area contributed by atoms with Gasteiger partial charge in [-0.3, -0.25) is 0 Å². The summed E-state index contributed by atoms with van der Waals surface area (Å²) in [6.45, 7) is 0.509. The van der Waals surface area contributed by atoms with Crippen molar-refractivity contribution >= 4 is 16.5 Å². The number of anilines is 1. The van der Waals surface area contributed by atoms with E-state index in [9.17, 15) is 0 Å². The molecule has 0 saturated heterocycles. The van der Waals surface area contributed by atoms with Gasteiger partial charge >= 0.3 is 0 Å². The summed E-state index contributed by atoms with van der Waals surface area (Å²) >= 11 is 1.30. The van der Waals surface area contributed by atoms with Crippen LogP contribution in [0.15, 0.2) is 12.4 Å². The number of hydrogen-bond donors (Lipinski definition) is 1. The molecule has 76 valence electrons. The number of rotatable bonds is 3. The average molecular weight is 220 g/mol. The summed E-state index contributed by atoms with van der Waals surface area (Å²) in [5, 5.41) is 16.7. The highest BCUT2D eigenvalue weighted by atomic mass is 32.1. The van der Waals surface area contributed by atoms with E-state index < -0.39 is 0 Å². The highest BCUT2D eigenvalue weighted by molar-refractivity contribution is 7.10. The second kappa shape index (κ2) is 4.06. The fourth-order valence-corrected chi connectivity index (χ4v) is 1.74. The van der Waals surface area contributed by atoms with E-state index in [2.05, 4.69) is 19.9 Å². The Morgan fingerprint density at radius 1 is 1.67 bits per heavy atom. The fourth-order valence-electron chi connectivity index (χ4n) is 1.21. The van der Waals surface area contributed by atoms with Gasteiger partial charge in [-0.05, 0) is 0 Å². The molecule has 0 unspecified atom stereocenters. The molecule has 0 aliphatic carbocycles. The Morgan fingerprint density at radius 3 is 3.27 bits per heavy atom. The SMILES string of the molecule is CNc1snnc1Cn1ccnc1C#N. The summed E-state index contributed by atoms with van der Waals surface area (Å²) in [5.41, 5.74) is 0.817. The Balaban J connectivity index is 2.26. The molecule has 0 fully saturated rings. The van der Waals surface area contributed by atoms with Crippen molar-refractivity contribution in [3.8, 4) is 6.07 Å². The van der Waals surface area contributed by atoms with Crippen LogP contribution < -0.4 is 5.32 Å². The number of hydrogen-bond acceptors (Lipinski definition) is 6. The van der Waals surface area contributed by atoms with Gasteiger partial charge in [0, 0.05) is 31.0 Å². The first kappa shape index (κ1) is 9.61. The molecule has 2 heterocycles. The van der Waals surface area contributed by atoms with Crippen molar-refractivity contribution in [3.63, 3.8) is 0 Å². The van der Waals surface area contributed by atoms with Gasteiger partial charge in [0.25, 0.3) is 0 Å². The Kier molecular flexibility index (Phi) is 2.60. The van der Waals surface area contributed by atoms with E-state index >= 15 is 0 Å². The first-order chi connectivity index (χ1) is 7.35. The number of nitriles is 1. The van der Waals surface area contributed by atoms with Crippen LogP contribution in [0.1, 0.15) is 11.5 Å². The second-order valence-electron chi connectivity index (χ2n) is 2.79. The summed E-state index contributed by atoms with van der Waals surface area (Å²) in [6, 6.07) is 2.01. The van der Waals surface area contributed by atoms with Crippen LogP contribution in [0, 0.1) is 11.3 Å². The summed E-state index contributed by atoms with van der Waals surface area (Å²) < 4.78 is 5.58. The van der Waals surface area contributed by atoms with Crippen LogP contribution in [-0.4, -0.2) is 26.2 Å². The first-order valence-corrected chi connectivity index (χ1v) is 5.02. The van der Waals surface area contributed by atoms with E-state index in [1.54, 1.807) is 17.0 Å². The van der Waals surface area contributed by atoms with E-state index in [0.717, 1.165) is 10.7 Å². The zero-order valence-electron chi connectivity index (χ0n) is 8.01. The van der Waals surface area contributed by atoms with Gasteiger partial charge in [0.05, 0.1) is 6.54 Å². The number of nitrogens with one attached hydrogen (secondary N) is 1. The summed E-state index contributed by atoms with van der Waals surface area (Å²) in [5.74, 6) is 0.380. The normalized spacial score (nSPS) is 9.87. The van der Waals surface area contributed by atoms with Crippen molar-refractivity contribution in [1.29, 1.82) is 5.26 Å². The van der Waals surface area contributed by atoms with Gasteiger partial charge in [-0.15, -0.1) is 5.10 Å².